The summed E-state index contributed by atoms with van der Waals surface area (Å²) in [6, 6.07) is 0.477. The number of carbonyl (C=O) groups excluding carboxylic acids is 2. The Morgan fingerprint density at radius 2 is 1.70 bits per heavy atom. The lowest BCUT2D eigenvalue weighted by Crippen LogP contribution is -2.51. The molecule has 0 radical (unpaired) electrons. The van der Waals surface area contributed by atoms with Crippen molar-refractivity contribution in [2.75, 3.05) is 39.3 Å². The van der Waals surface area contributed by atoms with Gasteiger partial charge in [-0.2, -0.15) is 5.10 Å². The molecule has 0 bridgehead atoms. The van der Waals surface area contributed by atoms with E-state index in [1.54, 1.807) is 10.7 Å². The standard InChI is InChI=1S/C22H32N6O2/c1-24-13-14-28-20(24)19(15-23-28)22(30)26-11-6-18(7-12-26)27-10-4-5-17(16-27)21(29)25-8-2-3-9-25/h13-15,17-18H,2-12,16H2,1H3/t17-/m1/s1. The van der Waals surface area contributed by atoms with Crippen LogP contribution in [0.25, 0.3) is 5.65 Å². The first-order chi connectivity index (χ1) is 14.6. The van der Waals surface area contributed by atoms with Crippen molar-refractivity contribution in [1.82, 2.24) is 28.9 Å². The molecule has 0 spiro atoms. The van der Waals surface area contributed by atoms with E-state index in [0.29, 0.717) is 17.5 Å². The fourth-order valence-corrected chi connectivity index (χ4v) is 5.54. The zero-order valence-electron chi connectivity index (χ0n) is 17.9. The van der Waals surface area contributed by atoms with Crippen molar-refractivity contribution in [2.24, 2.45) is 13.0 Å². The van der Waals surface area contributed by atoms with Crippen molar-refractivity contribution in [2.45, 2.75) is 44.6 Å². The molecule has 0 N–H and O–H groups in total. The van der Waals surface area contributed by atoms with Crippen LogP contribution < -0.4 is 0 Å². The number of fused-ring (bicyclic) bond motifs is 1. The largest absolute Gasteiger partial charge is 0.342 e. The SMILES string of the molecule is Cn1ccn2ncc(C(=O)N3CCC(N4CCC[C@@H](C(=O)N5CCCC5)C4)CC3)c12. The van der Waals surface area contributed by atoms with E-state index in [1.165, 1.54) is 0 Å². The molecule has 162 valence electrons. The minimum Gasteiger partial charge on any atom is -0.342 e. The average molecular weight is 413 g/mol. The van der Waals surface area contributed by atoms with E-state index in [0.717, 1.165) is 83.4 Å². The molecule has 3 fully saturated rings. The van der Waals surface area contributed by atoms with Crippen molar-refractivity contribution < 1.29 is 9.59 Å². The number of hydrogen-bond donors (Lipinski definition) is 0. The molecule has 5 heterocycles. The monoisotopic (exact) mass is 412 g/mol. The van der Waals surface area contributed by atoms with Gasteiger partial charge in [0, 0.05) is 58.2 Å². The Labute approximate surface area is 177 Å². The van der Waals surface area contributed by atoms with Crippen LogP contribution in [-0.2, 0) is 11.8 Å². The first kappa shape index (κ1) is 19.6. The third-order valence-corrected chi connectivity index (χ3v) is 7.25. The second-order valence-corrected chi connectivity index (χ2v) is 9.13. The molecule has 1 atom stereocenters. The zero-order valence-corrected chi connectivity index (χ0v) is 17.9. The fraction of sp³-hybridized carbons (Fsp3) is 0.682. The van der Waals surface area contributed by atoms with Crippen LogP contribution in [0.1, 0.15) is 48.9 Å². The molecule has 3 saturated heterocycles. The highest BCUT2D eigenvalue weighted by molar-refractivity contribution is 5.99. The van der Waals surface area contributed by atoms with E-state index in [2.05, 4.69) is 14.9 Å². The van der Waals surface area contributed by atoms with Gasteiger partial charge in [-0.05, 0) is 45.1 Å². The number of amides is 2. The van der Waals surface area contributed by atoms with E-state index >= 15 is 0 Å². The summed E-state index contributed by atoms with van der Waals surface area (Å²) in [4.78, 5) is 32.5. The predicted molar refractivity (Wildman–Crippen MR) is 113 cm³/mol. The van der Waals surface area contributed by atoms with Crippen LogP contribution in [0.4, 0.5) is 0 Å². The summed E-state index contributed by atoms with van der Waals surface area (Å²) >= 11 is 0. The van der Waals surface area contributed by atoms with Crippen LogP contribution in [-0.4, -0.2) is 86.0 Å². The van der Waals surface area contributed by atoms with E-state index in [4.69, 9.17) is 0 Å². The molecule has 0 aromatic carbocycles. The number of likely N-dealkylation sites (tertiary alicyclic amines) is 3. The lowest BCUT2D eigenvalue weighted by Gasteiger charge is -2.42. The highest BCUT2D eigenvalue weighted by atomic mass is 16.2. The Morgan fingerprint density at radius 3 is 2.47 bits per heavy atom. The van der Waals surface area contributed by atoms with Gasteiger partial charge in [-0.3, -0.25) is 14.5 Å². The molecule has 0 aliphatic carbocycles. The summed E-state index contributed by atoms with van der Waals surface area (Å²) in [5.41, 5.74) is 1.52. The molecule has 3 aliphatic rings. The number of hydrogen-bond acceptors (Lipinski definition) is 4. The van der Waals surface area contributed by atoms with Gasteiger partial charge >= 0.3 is 0 Å². The highest BCUT2D eigenvalue weighted by Crippen LogP contribution is 2.27. The average Bonchev–Trinajstić information content (AvgIpc) is 3.53. The Kier molecular flexibility index (Phi) is 5.26. The Hall–Kier alpha value is -2.35. The van der Waals surface area contributed by atoms with Crippen molar-refractivity contribution in [3.63, 3.8) is 0 Å². The molecule has 8 heteroatoms. The van der Waals surface area contributed by atoms with Crippen molar-refractivity contribution in [1.29, 1.82) is 0 Å². The summed E-state index contributed by atoms with van der Waals surface area (Å²) in [6.07, 6.45) is 11.9. The summed E-state index contributed by atoms with van der Waals surface area (Å²) in [5.74, 6) is 0.609. The third kappa shape index (κ3) is 3.51. The molecule has 2 aromatic heterocycles. The van der Waals surface area contributed by atoms with Crippen molar-refractivity contribution >= 4 is 17.5 Å². The zero-order chi connectivity index (χ0) is 20.7. The van der Waals surface area contributed by atoms with Gasteiger partial charge in [-0.1, -0.05) is 0 Å². The normalized spacial score (nSPS) is 24.1. The number of aromatic nitrogens is 3. The Bertz CT molecular complexity index is 919. The maximum Gasteiger partial charge on any atom is 0.259 e. The Morgan fingerprint density at radius 1 is 0.933 bits per heavy atom. The number of piperidine rings is 2. The van der Waals surface area contributed by atoms with Crippen LogP contribution >= 0.6 is 0 Å². The number of carbonyl (C=O) groups is 2. The minimum absolute atomic E-state index is 0.0750. The molecule has 3 aliphatic heterocycles. The molecule has 0 unspecified atom stereocenters. The topological polar surface area (TPSA) is 66.1 Å². The van der Waals surface area contributed by atoms with Gasteiger partial charge in [-0.15, -0.1) is 0 Å². The molecule has 0 saturated carbocycles. The van der Waals surface area contributed by atoms with Gasteiger partial charge in [-0.25, -0.2) is 4.52 Å². The van der Waals surface area contributed by atoms with E-state index < -0.39 is 0 Å². The predicted octanol–water partition coefficient (Wildman–Crippen LogP) is 1.61. The van der Waals surface area contributed by atoms with Crippen LogP contribution in [0.5, 0.6) is 0 Å². The first-order valence-corrected chi connectivity index (χ1v) is 11.4. The molecular weight excluding hydrogens is 380 g/mol. The van der Waals surface area contributed by atoms with Crippen molar-refractivity contribution in [3.05, 3.63) is 24.2 Å². The maximum absolute atomic E-state index is 13.1. The Balaban J connectivity index is 1.19. The van der Waals surface area contributed by atoms with E-state index in [-0.39, 0.29) is 11.8 Å². The number of nitrogens with zero attached hydrogens (tertiary/aromatic N) is 6. The molecule has 8 nitrogen and oxygen atoms in total. The lowest BCUT2D eigenvalue weighted by atomic mass is 9.93. The van der Waals surface area contributed by atoms with Crippen LogP contribution in [0.3, 0.4) is 0 Å². The molecular formula is C22H32N6O2. The van der Waals surface area contributed by atoms with E-state index in [9.17, 15) is 9.59 Å². The number of rotatable bonds is 3. The maximum atomic E-state index is 13.1. The van der Waals surface area contributed by atoms with Crippen LogP contribution in [0.15, 0.2) is 18.6 Å². The van der Waals surface area contributed by atoms with Gasteiger partial charge in [0.05, 0.1) is 12.1 Å². The summed E-state index contributed by atoms with van der Waals surface area (Å²) < 4.78 is 3.70. The molecule has 5 rings (SSSR count). The summed E-state index contributed by atoms with van der Waals surface area (Å²) in [6.45, 7) is 5.40. The van der Waals surface area contributed by atoms with Gasteiger partial charge in [0.15, 0.2) is 0 Å². The number of aryl methyl sites for hydroxylation is 1. The lowest BCUT2D eigenvalue weighted by molar-refractivity contribution is -0.136. The van der Waals surface area contributed by atoms with Crippen LogP contribution in [0, 0.1) is 5.92 Å². The van der Waals surface area contributed by atoms with E-state index in [1.807, 2.05) is 28.9 Å². The molecule has 2 aromatic rings. The van der Waals surface area contributed by atoms with Gasteiger partial charge in [0.2, 0.25) is 5.91 Å². The quantitative estimate of drug-likeness (QED) is 0.768. The molecule has 2 amide bonds. The van der Waals surface area contributed by atoms with Gasteiger partial charge < -0.3 is 14.4 Å². The smallest absolute Gasteiger partial charge is 0.259 e. The molecule has 30 heavy (non-hydrogen) atoms. The summed E-state index contributed by atoms with van der Waals surface area (Å²) in [5, 5.41) is 4.31. The summed E-state index contributed by atoms with van der Waals surface area (Å²) in [7, 11) is 1.94. The second kappa shape index (κ2) is 8.06. The number of imidazole rings is 1. The second-order valence-electron chi connectivity index (χ2n) is 9.13. The fourth-order valence-electron chi connectivity index (χ4n) is 5.54. The van der Waals surface area contributed by atoms with Crippen LogP contribution in [0.2, 0.25) is 0 Å². The first-order valence-electron chi connectivity index (χ1n) is 11.4. The highest BCUT2D eigenvalue weighted by Gasteiger charge is 2.35. The van der Waals surface area contributed by atoms with Gasteiger partial charge in [0.25, 0.3) is 5.91 Å². The van der Waals surface area contributed by atoms with Crippen molar-refractivity contribution in [3.8, 4) is 0 Å². The third-order valence-electron chi connectivity index (χ3n) is 7.25. The van der Waals surface area contributed by atoms with Gasteiger partial charge in [0.1, 0.15) is 11.2 Å². The minimum atomic E-state index is 0.0750.